The fraction of sp³-hybridized carbons (Fsp3) is 0.308. The van der Waals surface area contributed by atoms with Gasteiger partial charge in [-0.05, 0) is 24.3 Å². The van der Waals surface area contributed by atoms with Crippen molar-refractivity contribution in [3.05, 3.63) is 24.3 Å². The minimum absolute atomic E-state index is 0.470. The van der Waals surface area contributed by atoms with Crippen LogP contribution in [0.1, 0.15) is 6.42 Å². The van der Waals surface area contributed by atoms with Gasteiger partial charge in [0, 0.05) is 25.5 Å². The molecule has 0 heterocycles. The molecule has 1 aromatic carbocycles. The first-order valence-corrected chi connectivity index (χ1v) is 6.09. The van der Waals surface area contributed by atoms with Crippen molar-refractivity contribution in [2.24, 2.45) is 0 Å². The molecule has 8 heteroatoms. The minimum Gasteiger partial charge on any atom is -0.481 e. The molecule has 4 N–H and O–H groups in total. The molecule has 21 heavy (non-hydrogen) atoms. The number of anilines is 2. The molecule has 0 aromatic heterocycles. The first kappa shape index (κ1) is 16.3. The molecular formula is C13H17N3O5. The van der Waals surface area contributed by atoms with E-state index in [1.165, 1.54) is 0 Å². The SMILES string of the molecule is CN(C)c1ccc(NC(=O)N[C@H](CC(=O)O)C(=O)O)cc1. The zero-order valence-electron chi connectivity index (χ0n) is 11.7. The van der Waals surface area contributed by atoms with E-state index in [4.69, 9.17) is 10.2 Å². The van der Waals surface area contributed by atoms with Gasteiger partial charge in [0.2, 0.25) is 0 Å². The van der Waals surface area contributed by atoms with Gasteiger partial charge in [0.1, 0.15) is 6.04 Å². The van der Waals surface area contributed by atoms with E-state index in [0.717, 1.165) is 5.69 Å². The Hall–Kier alpha value is -2.77. The monoisotopic (exact) mass is 295 g/mol. The molecule has 0 aliphatic carbocycles. The van der Waals surface area contributed by atoms with Crippen molar-refractivity contribution >= 4 is 29.3 Å². The Kier molecular flexibility index (Phi) is 5.53. The van der Waals surface area contributed by atoms with Crippen molar-refractivity contribution in [3.63, 3.8) is 0 Å². The lowest BCUT2D eigenvalue weighted by molar-refractivity contribution is -0.145. The molecule has 114 valence electrons. The first-order chi connectivity index (χ1) is 9.79. The number of carbonyl (C=O) groups excluding carboxylic acids is 1. The quantitative estimate of drug-likeness (QED) is 0.616. The van der Waals surface area contributed by atoms with Gasteiger partial charge < -0.3 is 25.7 Å². The fourth-order valence-electron chi connectivity index (χ4n) is 1.54. The highest BCUT2D eigenvalue weighted by molar-refractivity contribution is 5.93. The summed E-state index contributed by atoms with van der Waals surface area (Å²) < 4.78 is 0. The van der Waals surface area contributed by atoms with Crippen molar-refractivity contribution in [3.8, 4) is 0 Å². The molecule has 0 fully saturated rings. The largest absolute Gasteiger partial charge is 0.481 e. The van der Waals surface area contributed by atoms with E-state index in [-0.39, 0.29) is 0 Å². The number of urea groups is 1. The maximum Gasteiger partial charge on any atom is 0.326 e. The number of hydrogen-bond donors (Lipinski definition) is 4. The van der Waals surface area contributed by atoms with E-state index in [2.05, 4.69) is 10.6 Å². The number of nitrogens with one attached hydrogen (secondary N) is 2. The standard InChI is InChI=1S/C13H17N3O5/c1-16(2)9-5-3-8(4-6-9)14-13(21)15-10(12(19)20)7-11(17)18/h3-6,10H,7H2,1-2H3,(H,17,18)(H,19,20)(H2,14,15,21)/t10-/m1/s1. The van der Waals surface area contributed by atoms with Crippen LogP contribution in [0.5, 0.6) is 0 Å². The highest BCUT2D eigenvalue weighted by atomic mass is 16.4. The summed E-state index contributed by atoms with van der Waals surface area (Å²) in [5.74, 6) is -2.71. The molecule has 8 nitrogen and oxygen atoms in total. The van der Waals surface area contributed by atoms with Crippen LogP contribution in [0.2, 0.25) is 0 Å². The molecule has 0 spiro atoms. The molecule has 0 bridgehead atoms. The fourth-order valence-corrected chi connectivity index (χ4v) is 1.54. The second-order valence-corrected chi connectivity index (χ2v) is 4.53. The Labute approximate surface area is 121 Å². The number of carboxylic acid groups (broad SMARTS) is 2. The van der Waals surface area contributed by atoms with Crippen LogP contribution in [0.3, 0.4) is 0 Å². The highest BCUT2D eigenvalue weighted by Crippen LogP contribution is 2.15. The van der Waals surface area contributed by atoms with Crippen molar-refractivity contribution < 1.29 is 24.6 Å². The summed E-state index contributed by atoms with van der Waals surface area (Å²) in [6, 6.07) is 4.61. The Morgan fingerprint density at radius 3 is 2.14 bits per heavy atom. The Bertz CT molecular complexity index is 527. The third kappa shape index (κ3) is 5.39. The van der Waals surface area contributed by atoms with Gasteiger partial charge in [-0.15, -0.1) is 0 Å². The van der Waals surface area contributed by atoms with E-state index in [9.17, 15) is 14.4 Å². The Morgan fingerprint density at radius 1 is 1.14 bits per heavy atom. The van der Waals surface area contributed by atoms with Crippen LogP contribution in [-0.4, -0.2) is 48.3 Å². The van der Waals surface area contributed by atoms with Gasteiger partial charge in [0.25, 0.3) is 0 Å². The van der Waals surface area contributed by atoms with Crippen LogP contribution < -0.4 is 15.5 Å². The Balaban J connectivity index is 2.63. The van der Waals surface area contributed by atoms with Gasteiger partial charge in [-0.1, -0.05) is 0 Å². The third-order valence-electron chi connectivity index (χ3n) is 2.62. The second kappa shape index (κ2) is 7.13. The second-order valence-electron chi connectivity index (χ2n) is 4.53. The van der Waals surface area contributed by atoms with Crippen LogP contribution in [0.15, 0.2) is 24.3 Å². The summed E-state index contributed by atoms with van der Waals surface area (Å²) in [5.41, 5.74) is 1.41. The molecule has 2 amide bonds. The molecule has 1 rings (SSSR count). The van der Waals surface area contributed by atoms with Gasteiger partial charge in [-0.2, -0.15) is 0 Å². The number of carbonyl (C=O) groups is 3. The smallest absolute Gasteiger partial charge is 0.326 e. The highest BCUT2D eigenvalue weighted by Gasteiger charge is 2.22. The lowest BCUT2D eigenvalue weighted by Crippen LogP contribution is -2.44. The zero-order valence-corrected chi connectivity index (χ0v) is 11.7. The van der Waals surface area contributed by atoms with Crippen LogP contribution in [-0.2, 0) is 9.59 Å². The minimum atomic E-state index is -1.48. The number of benzene rings is 1. The first-order valence-electron chi connectivity index (χ1n) is 6.09. The molecule has 0 radical (unpaired) electrons. The summed E-state index contributed by atoms with van der Waals surface area (Å²) in [7, 11) is 3.75. The normalized spacial score (nSPS) is 11.3. The van der Waals surface area contributed by atoms with E-state index in [1.807, 2.05) is 19.0 Å². The number of amides is 2. The van der Waals surface area contributed by atoms with Crippen LogP contribution >= 0.6 is 0 Å². The summed E-state index contributed by atoms with van der Waals surface area (Å²) in [6.45, 7) is 0. The average Bonchev–Trinajstić information content (AvgIpc) is 2.37. The van der Waals surface area contributed by atoms with Crippen LogP contribution in [0.25, 0.3) is 0 Å². The van der Waals surface area contributed by atoms with Crippen molar-refractivity contribution in [1.82, 2.24) is 5.32 Å². The third-order valence-corrected chi connectivity index (χ3v) is 2.62. The summed E-state index contributed by atoms with van der Waals surface area (Å²) in [6.07, 6.45) is -0.692. The van der Waals surface area contributed by atoms with E-state index >= 15 is 0 Å². The summed E-state index contributed by atoms with van der Waals surface area (Å²) in [4.78, 5) is 34.9. The molecule has 0 unspecified atom stereocenters. The van der Waals surface area contributed by atoms with Crippen LogP contribution in [0.4, 0.5) is 16.2 Å². The molecule has 1 aromatic rings. The van der Waals surface area contributed by atoms with Crippen molar-refractivity contribution in [2.75, 3.05) is 24.3 Å². The molecule has 0 saturated heterocycles. The lowest BCUT2D eigenvalue weighted by Gasteiger charge is -2.15. The van der Waals surface area contributed by atoms with E-state index in [1.54, 1.807) is 24.3 Å². The maximum atomic E-state index is 11.6. The van der Waals surface area contributed by atoms with E-state index in [0.29, 0.717) is 5.69 Å². The molecular weight excluding hydrogens is 278 g/mol. The average molecular weight is 295 g/mol. The molecule has 0 aliphatic rings. The van der Waals surface area contributed by atoms with Crippen molar-refractivity contribution in [1.29, 1.82) is 0 Å². The number of rotatable bonds is 6. The molecule has 0 aliphatic heterocycles. The van der Waals surface area contributed by atoms with Gasteiger partial charge >= 0.3 is 18.0 Å². The van der Waals surface area contributed by atoms with Gasteiger partial charge in [0.15, 0.2) is 0 Å². The van der Waals surface area contributed by atoms with Crippen LogP contribution in [0, 0.1) is 0 Å². The Morgan fingerprint density at radius 2 is 1.71 bits per heavy atom. The predicted octanol–water partition coefficient (Wildman–Crippen LogP) is 0.802. The van der Waals surface area contributed by atoms with Gasteiger partial charge in [0.05, 0.1) is 6.42 Å². The number of nitrogens with zero attached hydrogens (tertiary/aromatic N) is 1. The number of aliphatic carboxylic acids is 2. The van der Waals surface area contributed by atoms with Gasteiger partial charge in [-0.25, -0.2) is 9.59 Å². The summed E-state index contributed by atoms with van der Waals surface area (Å²) >= 11 is 0. The van der Waals surface area contributed by atoms with Gasteiger partial charge in [-0.3, -0.25) is 4.79 Å². The number of carboxylic acids is 2. The molecule has 0 saturated carbocycles. The molecule has 1 atom stereocenters. The maximum absolute atomic E-state index is 11.6. The topological polar surface area (TPSA) is 119 Å². The van der Waals surface area contributed by atoms with E-state index < -0.39 is 30.4 Å². The lowest BCUT2D eigenvalue weighted by atomic mass is 10.2. The van der Waals surface area contributed by atoms with Crippen molar-refractivity contribution in [2.45, 2.75) is 12.5 Å². The summed E-state index contributed by atoms with van der Waals surface area (Å²) in [5, 5.41) is 21.9. The zero-order chi connectivity index (χ0) is 16.0. The predicted molar refractivity (Wildman–Crippen MR) is 76.6 cm³/mol. The number of hydrogen-bond acceptors (Lipinski definition) is 4.